The molecule has 0 nitrogen and oxygen atoms in total. The van der Waals surface area contributed by atoms with Crippen LogP contribution in [-0.4, -0.2) is 0 Å². The minimum Gasteiger partial charge on any atom is -0.106 e. The Kier molecular flexibility index (Phi) is 47.1. The highest BCUT2D eigenvalue weighted by Crippen LogP contribution is 1.73. The standard InChI is InChI=1S/C4H8.C3H6.C2H4/c1-4(2)3;1-3-2;1-2/h1H2,2-3H3;3H,1H2,2H3;1-2H2. The van der Waals surface area contributed by atoms with E-state index >= 15 is 0 Å². The van der Waals surface area contributed by atoms with Crippen molar-refractivity contribution < 1.29 is 0 Å². The van der Waals surface area contributed by atoms with E-state index in [4.69, 9.17) is 0 Å². The van der Waals surface area contributed by atoms with E-state index < -0.39 is 0 Å². The molecule has 9 heavy (non-hydrogen) atoms. The van der Waals surface area contributed by atoms with Crippen molar-refractivity contribution in [2.45, 2.75) is 20.8 Å². The largest absolute Gasteiger partial charge is 0.106 e. The van der Waals surface area contributed by atoms with Gasteiger partial charge in [0.2, 0.25) is 0 Å². The molecule has 0 aromatic carbocycles. The summed E-state index contributed by atoms with van der Waals surface area (Å²) >= 11 is 0. The molecule has 0 atom stereocenters. The lowest BCUT2D eigenvalue weighted by molar-refractivity contribution is 1.42. The topological polar surface area (TPSA) is 0 Å². The van der Waals surface area contributed by atoms with Gasteiger partial charge in [0.1, 0.15) is 0 Å². The third-order valence-electron chi connectivity index (χ3n) is 0. The molecular formula is C9H18. The Morgan fingerprint density at radius 2 is 1.22 bits per heavy atom. The van der Waals surface area contributed by atoms with Gasteiger partial charge in [-0.25, -0.2) is 0 Å². The van der Waals surface area contributed by atoms with Gasteiger partial charge >= 0.3 is 0 Å². The Balaban J connectivity index is -0.0000000646. The van der Waals surface area contributed by atoms with Crippen molar-refractivity contribution in [3.8, 4) is 0 Å². The van der Waals surface area contributed by atoms with Crippen LogP contribution >= 0.6 is 0 Å². The summed E-state index contributed by atoms with van der Waals surface area (Å²) in [7, 11) is 0. The second kappa shape index (κ2) is 26.9. The molecule has 0 heterocycles. The van der Waals surface area contributed by atoms with Gasteiger partial charge in [0.05, 0.1) is 0 Å². The summed E-state index contributed by atoms with van der Waals surface area (Å²) in [5, 5.41) is 0. The van der Waals surface area contributed by atoms with E-state index in [1.165, 1.54) is 5.57 Å². The molecule has 0 fully saturated rings. The molecule has 0 aliphatic carbocycles. The molecule has 0 N–H and O–H groups in total. The van der Waals surface area contributed by atoms with Crippen LogP contribution < -0.4 is 0 Å². The van der Waals surface area contributed by atoms with Crippen LogP contribution in [0.2, 0.25) is 0 Å². The van der Waals surface area contributed by atoms with E-state index in [1.807, 2.05) is 20.8 Å². The smallest absolute Gasteiger partial charge is 0.0445 e. The van der Waals surface area contributed by atoms with Gasteiger partial charge in [-0.1, -0.05) is 11.6 Å². The monoisotopic (exact) mass is 126 g/mol. The van der Waals surface area contributed by atoms with E-state index in [-0.39, 0.29) is 0 Å². The third kappa shape index (κ3) is 323. The first-order chi connectivity index (χ1) is 4.15. The van der Waals surface area contributed by atoms with Crippen molar-refractivity contribution in [2.24, 2.45) is 0 Å². The van der Waals surface area contributed by atoms with Gasteiger partial charge in [0, 0.05) is 0 Å². The molecule has 0 saturated heterocycles. The molecule has 0 radical (unpaired) electrons. The number of hydrogen-bond donors (Lipinski definition) is 0. The number of hydrogen-bond acceptors (Lipinski definition) is 0. The average Bonchev–Trinajstić information content (AvgIpc) is 1.71. The molecule has 0 aliphatic heterocycles. The van der Waals surface area contributed by atoms with Crippen molar-refractivity contribution >= 4 is 0 Å². The van der Waals surface area contributed by atoms with Crippen LogP contribution in [0.15, 0.2) is 38.0 Å². The molecule has 0 bridgehead atoms. The fraction of sp³-hybridized carbons (Fsp3) is 0.333. The van der Waals surface area contributed by atoms with Crippen LogP contribution in [0.1, 0.15) is 20.8 Å². The van der Waals surface area contributed by atoms with Crippen LogP contribution in [0.4, 0.5) is 0 Å². The highest BCUT2D eigenvalue weighted by Gasteiger charge is 1.51. The molecule has 54 valence electrons. The van der Waals surface area contributed by atoms with Gasteiger partial charge in [-0.05, 0) is 20.8 Å². The maximum atomic E-state index is 3.56. The molecule has 0 amide bonds. The Morgan fingerprint density at radius 3 is 1.22 bits per heavy atom. The fourth-order valence-corrected chi connectivity index (χ4v) is 0. The number of rotatable bonds is 0. The van der Waals surface area contributed by atoms with Gasteiger partial charge in [-0.2, -0.15) is 0 Å². The molecule has 0 rings (SSSR count). The van der Waals surface area contributed by atoms with Gasteiger partial charge in [0.15, 0.2) is 0 Å². The van der Waals surface area contributed by atoms with E-state index in [0.29, 0.717) is 0 Å². The first kappa shape index (κ1) is 15.7. The summed E-state index contributed by atoms with van der Waals surface area (Å²) in [6, 6.07) is 0. The molecule has 0 unspecified atom stereocenters. The second-order valence-corrected chi connectivity index (χ2v) is 1.62. The molecule has 0 heteroatoms. The molecular weight excluding hydrogens is 108 g/mol. The van der Waals surface area contributed by atoms with Crippen LogP contribution in [0, 0.1) is 0 Å². The van der Waals surface area contributed by atoms with Crippen molar-refractivity contribution in [1.82, 2.24) is 0 Å². The van der Waals surface area contributed by atoms with Crippen molar-refractivity contribution in [2.75, 3.05) is 0 Å². The summed E-state index contributed by atoms with van der Waals surface area (Å²) in [5.41, 5.74) is 1.17. The lowest BCUT2D eigenvalue weighted by Crippen LogP contribution is -1.43. The molecule has 0 spiro atoms. The minimum absolute atomic E-state index is 1.17. The van der Waals surface area contributed by atoms with Crippen molar-refractivity contribution in [3.05, 3.63) is 38.0 Å². The zero-order chi connectivity index (χ0) is 8.28. The summed E-state index contributed by atoms with van der Waals surface area (Å²) in [5.74, 6) is 0. The summed E-state index contributed by atoms with van der Waals surface area (Å²) in [6.45, 7) is 18.8. The molecule has 0 aliphatic rings. The van der Waals surface area contributed by atoms with Gasteiger partial charge in [-0.3, -0.25) is 0 Å². The normalized spacial score (nSPS) is 4.78. The van der Waals surface area contributed by atoms with E-state index in [2.05, 4.69) is 26.3 Å². The average molecular weight is 126 g/mol. The van der Waals surface area contributed by atoms with Crippen LogP contribution in [0.5, 0.6) is 0 Å². The van der Waals surface area contributed by atoms with Crippen molar-refractivity contribution in [3.63, 3.8) is 0 Å². The molecule has 0 aromatic heterocycles. The number of allylic oxidation sites excluding steroid dienone is 2. The SMILES string of the molecule is C=C.C=C(C)C.C=CC. The Bertz CT molecular complexity index is 56.4. The zero-order valence-electron chi connectivity index (χ0n) is 6.91. The third-order valence-corrected chi connectivity index (χ3v) is 0. The van der Waals surface area contributed by atoms with Gasteiger partial charge < -0.3 is 0 Å². The fourth-order valence-electron chi connectivity index (χ4n) is 0. The van der Waals surface area contributed by atoms with E-state index in [0.717, 1.165) is 0 Å². The highest BCUT2D eigenvalue weighted by atomic mass is 13.6. The summed E-state index contributed by atoms with van der Waals surface area (Å²) in [4.78, 5) is 0. The highest BCUT2D eigenvalue weighted by molar-refractivity contribution is 4.78. The first-order valence-electron chi connectivity index (χ1n) is 2.84. The van der Waals surface area contributed by atoms with Gasteiger partial charge in [-0.15, -0.1) is 26.3 Å². The Hall–Kier alpha value is -0.780. The maximum absolute atomic E-state index is 3.56. The molecule has 0 aromatic rings. The molecule has 0 saturated carbocycles. The predicted octanol–water partition coefficient (Wildman–Crippen LogP) is 3.58. The van der Waals surface area contributed by atoms with Crippen LogP contribution in [0.25, 0.3) is 0 Å². The predicted molar refractivity (Wildman–Crippen MR) is 47.6 cm³/mol. The lowest BCUT2D eigenvalue weighted by Gasteiger charge is -1.65. The van der Waals surface area contributed by atoms with Gasteiger partial charge in [0.25, 0.3) is 0 Å². The minimum atomic E-state index is 1.17. The van der Waals surface area contributed by atoms with Crippen molar-refractivity contribution in [1.29, 1.82) is 0 Å². The lowest BCUT2D eigenvalue weighted by atomic mass is 10.4. The first-order valence-corrected chi connectivity index (χ1v) is 2.84. The zero-order valence-corrected chi connectivity index (χ0v) is 6.91. The van der Waals surface area contributed by atoms with Crippen LogP contribution in [0.3, 0.4) is 0 Å². The van der Waals surface area contributed by atoms with E-state index in [9.17, 15) is 0 Å². The van der Waals surface area contributed by atoms with Crippen LogP contribution in [-0.2, 0) is 0 Å². The second-order valence-electron chi connectivity index (χ2n) is 1.62. The maximum Gasteiger partial charge on any atom is -0.0445 e. The Labute approximate surface area is 59.6 Å². The quantitative estimate of drug-likeness (QED) is 0.435. The van der Waals surface area contributed by atoms with E-state index in [1.54, 1.807) is 6.08 Å². The Morgan fingerprint density at radius 1 is 1.22 bits per heavy atom. The summed E-state index contributed by atoms with van der Waals surface area (Å²) in [6.07, 6.45) is 1.75. The summed E-state index contributed by atoms with van der Waals surface area (Å²) < 4.78 is 0.